The van der Waals surface area contributed by atoms with Gasteiger partial charge in [0.1, 0.15) is 0 Å². The first-order chi connectivity index (χ1) is 9.66. The van der Waals surface area contributed by atoms with E-state index in [1.807, 2.05) is 53.2 Å². The van der Waals surface area contributed by atoms with Crippen LogP contribution in [-0.2, 0) is 6.54 Å². The first-order valence-electron chi connectivity index (χ1n) is 6.28. The molecule has 3 rings (SSSR count). The second-order valence-corrected chi connectivity index (χ2v) is 5.49. The number of hydrogen-bond acceptors (Lipinski definition) is 2. The number of nitrogens with zero attached hydrogens (tertiary/aromatic N) is 1. The van der Waals surface area contributed by atoms with Crippen LogP contribution in [0.2, 0.25) is 0 Å². The fourth-order valence-electron chi connectivity index (χ4n) is 2.31. The summed E-state index contributed by atoms with van der Waals surface area (Å²) >= 11 is 3.53. The maximum Gasteiger partial charge on any atom is 0.189 e. The van der Waals surface area contributed by atoms with E-state index >= 15 is 0 Å². The topological polar surface area (TPSA) is 48.0 Å². The zero-order chi connectivity index (χ0) is 14.1. The van der Waals surface area contributed by atoms with Gasteiger partial charge in [-0.3, -0.25) is 4.79 Å². The predicted octanol–water partition coefficient (Wildman–Crippen LogP) is 3.39. The lowest BCUT2D eigenvalue weighted by atomic mass is 10.1. The minimum atomic E-state index is 0.0388. The van der Waals surface area contributed by atoms with Crippen LogP contribution in [0.4, 0.5) is 5.69 Å². The van der Waals surface area contributed by atoms with Crippen molar-refractivity contribution in [3.8, 4) is 0 Å². The van der Waals surface area contributed by atoms with Crippen LogP contribution in [0, 0.1) is 0 Å². The molecule has 0 bridgehead atoms. The van der Waals surface area contributed by atoms with Gasteiger partial charge in [-0.2, -0.15) is 0 Å². The highest BCUT2D eigenvalue weighted by Crippen LogP contribution is 2.24. The van der Waals surface area contributed by atoms with Gasteiger partial charge in [0.25, 0.3) is 0 Å². The predicted molar refractivity (Wildman–Crippen MR) is 85.9 cm³/mol. The van der Waals surface area contributed by atoms with Gasteiger partial charge in [-0.25, -0.2) is 0 Å². The number of aromatic nitrogens is 1. The van der Waals surface area contributed by atoms with Gasteiger partial charge in [-0.05, 0) is 24.3 Å². The van der Waals surface area contributed by atoms with Crippen LogP contribution in [0.1, 0.15) is 5.56 Å². The summed E-state index contributed by atoms with van der Waals surface area (Å²) in [4.78, 5) is 11.9. The molecule has 0 atom stereocenters. The van der Waals surface area contributed by atoms with Gasteiger partial charge in [-0.15, -0.1) is 0 Å². The van der Waals surface area contributed by atoms with Crippen molar-refractivity contribution in [2.75, 3.05) is 5.73 Å². The SMILES string of the molecule is Nc1cccc(Br)c1Cn1ccc(=O)c2ccccc21. The Morgan fingerprint density at radius 3 is 2.65 bits per heavy atom. The minimum Gasteiger partial charge on any atom is -0.398 e. The summed E-state index contributed by atoms with van der Waals surface area (Å²) in [5.74, 6) is 0. The normalized spacial score (nSPS) is 10.8. The second kappa shape index (κ2) is 5.13. The van der Waals surface area contributed by atoms with Crippen molar-refractivity contribution in [3.05, 3.63) is 75.0 Å². The molecule has 0 aliphatic carbocycles. The summed E-state index contributed by atoms with van der Waals surface area (Å²) in [5, 5.41) is 0.723. The van der Waals surface area contributed by atoms with Crippen LogP contribution >= 0.6 is 15.9 Å². The van der Waals surface area contributed by atoms with Crippen LogP contribution in [-0.4, -0.2) is 4.57 Å². The average molecular weight is 329 g/mol. The fourth-order valence-corrected chi connectivity index (χ4v) is 2.82. The number of nitrogens with two attached hydrogens (primary N) is 1. The number of nitrogen functional groups attached to an aromatic ring is 1. The van der Waals surface area contributed by atoms with Gasteiger partial charge >= 0.3 is 0 Å². The van der Waals surface area contributed by atoms with E-state index in [4.69, 9.17) is 5.73 Å². The first kappa shape index (κ1) is 12.9. The molecule has 3 nitrogen and oxygen atoms in total. The fraction of sp³-hybridized carbons (Fsp3) is 0.0625. The van der Waals surface area contributed by atoms with Crippen LogP contribution in [0.25, 0.3) is 10.9 Å². The first-order valence-corrected chi connectivity index (χ1v) is 7.07. The Bertz CT molecular complexity index is 819. The summed E-state index contributed by atoms with van der Waals surface area (Å²) in [6, 6.07) is 15.0. The molecule has 0 radical (unpaired) electrons. The zero-order valence-corrected chi connectivity index (χ0v) is 12.3. The molecule has 0 spiro atoms. The summed E-state index contributed by atoms with van der Waals surface area (Å²) in [6.07, 6.45) is 1.81. The second-order valence-electron chi connectivity index (χ2n) is 4.63. The summed E-state index contributed by atoms with van der Waals surface area (Å²) in [7, 11) is 0. The highest BCUT2D eigenvalue weighted by Gasteiger charge is 2.07. The van der Waals surface area contributed by atoms with Gasteiger partial charge in [0.05, 0.1) is 12.1 Å². The molecule has 0 saturated heterocycles. The van der Waals surface area contributed by atoms with Crippen LogP contribution < -0.4 is 11.2 Å². The largest absolute Gasteiger partial charge is 0.398 e. The molecule has 2 N–H and O–H groups in total. The standard InChI is InChI=1S/C16H13BrN2O/c17-13-5-3-6-14(18)12(13)10-19-9-8-16(20)11-4-1-2-7-15(11)19/h1-9H,10,18H2. The molecule has 1 aromatic heterocycles. The van der Waals surface area contributed by atoms with Crippen molar-refractivity contribution in [3.63, 3.8) is 0 Å². The molecule has 0 aliphatic heterocycles. The molecule has 100 valence electrons. The number of fused-ring (bicyclic) bond motifs is 1. The molecule has 2 aromatic carbocycles. The molecular formula is C16H13BrN2O. The smallest absolute Gasteiger partial charge is 0.189 e. The zero-order valence-electron chi connectivity index (χ0n) is 10.7. The number of benzene rings is 2. The number of rotatable bonds is 2. The molecule has 20 heavy (non-hydrogen) atoms. The van der Waals surface area contributed by atoms with Crippen molar-refractivity contribution in [1.82, 2.24) is 4.57 Å². The Balaban J connectivity index is 2.17. The third-order valence-corrected chi connectivity index (χ3v) is 4.11. The third kappa shape index (κ3) is 2.23. The quantitative estimate of drug-likeness (QED) is 0.733. The van der Waals surface area contributed by atoms with Crippen LogP contribution in [0.5, 0.6) is 0 Å². The van der Waals surface area contributed by atoms with Gasteiger partial charge < -0.3 is 10.3 Å². The van der Waals surface area contributed by atoms with Crippen LogP contribution in [0.3, 0.4) is 0 Å². The Labute approximate surface area is 124 Å². The van der Waals surface area contributed by atoms with E-state index in [1.165, 1.54) is 0 Å². The molecule has 3 aromatic rings. The van der Waals surface area contributed by atoms with E-state index < -0.39 is 0 Å². The number of hydrogen-bond donors (Lipinski definition) is 1. The van der Waals surface area contributed by atoms with Crippen molar-refractivity contribution in [2.45, 2.75) is 6.54 Å². The maximum absolute atomic E-state index is 11.9. The molecule has 0 fully saturated rings. The van der Waals surface area contributed by atoms with Crippen molar-refractivity contribution < 1.29 is 0 Å². The molecule has 1 heterocycles. The summed E-state index contributed by atoms with van der Waals surface area (Å²) in [5.41, 5.74) is 8.74. The van der Waals surface area contributed by atoms with Crippen molar-refractivity contribution in [2.24, 2.45) is 0 Å². The Morgan fingerprint density at radius 2 is 1.85 bits per heavy atom. The minimum absolute atomic E-state index is 0.0388. The van der Waals surface area contributed by atoms with E-state index in [-0.39, 0.29) is 5.43 Å². The van der Waals surface area contributed by atoms with E-state index in [0.29, 0.717) is 6.54 Å². The van der Waals surface area contributed by atoms with E-state index in [0.717, 1.165) is 26.6 Å². The van der Waals surface area contributed by atoms with Crippen LogP contribution in [0.15, 0.2) is 64.0 Å². The Hall–Kier alpha value is -2.07. The average Bonchev–Trinajstić information content (AvgIpc) is 2.46. The number of pyridine rings is 1. The van der Waals surface area contributed by atoms with Gasteiger partial charge in [0, 0.05) is 33.4 Å². The Kier molecular flexibility index (Phi) is 3.32. The monoisotopic (exact) mass is 328 g/mol. The molecule has 0 aliphatic rings. The Morgan fingerprint density at radius 1 is 1.05 bits per heavy atom. The van der Waals surface area contributed by atoms with Crippen molar-refractivity contribution in [1.29, 1.82) is 0 Å². The highest BCUT2D eigenvalue weighted by atomic mass is 79.9. The summed E-state index contributed by atoms with van der Waals surface area (Å²) in [6.45, 7) is 0.619. The molecule has 0 saturated carbocycles. The van der Waals surface area contributed by atoms with Gasteiger partial charge in [0.15, 0.2) is 5.43 Å². The summed E-state index contributed by atoms with van der Waals surface area (Å²) < 4.78 is 3.01. The van der Waals surface area contributed by atoms with E-state index in [2.05, 4.69) is 15.9 Å². The molecule has 0 unspecified atom stereocenters. The number of halogens is 1. The molecule has 4 heteroatoms. The highest BCUT2D eigenvalue weighted by molar-refractivity contribution is 9.10. The third-order valence-electron chi connectivity index (χ3n) is 3.37. The van der Waals surface area contributed by atoms with Gasteiger partial charge in [-0.1, -0.05) is 34.1 Å². The molecule has 0 amide bonds. The maximum atomic E-state index is 11.9. The lowest BCUT2D eigenvalue weighted by Gasteiger charge is -2.13. The van der Waals surface area contributed by atoms with E-state index in [1.54, 1.807) is 6.07 Å². The van der Waals surface area contributed by atoms with Crippen molar-refractivity contribution >= 4 is 32.5 Å². The lowest BCUT2D eigenvalue weighted by molar-refractivity contribution is 0.824. The van der Waals surface area contributed by atoms with Gasteiger partial charge in [0.2, 0.25) is 0 Å². The lowest BCUT2D eigenvalue weighted by Crippen LogP contribution is -2.10. The number of anilines is 1. The van der Waals surface area contributed by atoms with E-state index in [9.17, 15) is 4.79 Å². The number of para-hydroxylation sites is 1. The molecular weight excluding hydrogens is 316 g/mol.